The first-order valence-electron chi connectivity index (χ1n) is 11.6. The van der Waals surface area contributed by atoms with E-state index in [0.717, 1.165) is 27.7 Å². The van der Waals surface area contributed by atoms with E-state index in [4.69, 9.17) is 18.9 Å². The van der Waals surface area contributed by atoms with Gasteiger partial charge in [0, 0.05) is 24.0 Å². The van der Waals surface area contributed by atoms with Gasteiger partial charge in [-0.1, -0.05) is 36.4 Å². The van der Waals surface area contributed by atoms with E-state index in [2.05, 4.69) is 6.58 Å². The minimum absolute atomic E-state index is 0.0566. The van der Waals surface area contributed by atoms with Gasteiger partial charge < -0.3 is 18.9 Å². The van der Waals surface area contributed by atoms with Crippen LogP contribution in [0, 0.1) is 5.92 Å². The van der Waals surface area contributed by atoms with Crippen LogP contribution in [0.4, 0.5) is 0 Å². The fourth-order valence-corrected chi connectivity index (χ4v) is 5.07. The fourth-order valence-electron chi connectivity index (χ4n) is 5.07. The monoisotopic (exact) mass is 474 g/mol. The second-order valence-electron chi connectivity index (χ2n) is 9.19. The zero-order chi connectivity index (χ0) is 24.7. The van der Waals surface area contributed by atoms with Crippen molar-refractivity contribution in [2.24, 2.45) is 5.92 Å². The van der Waals surface area contributed by atoms with Crippen molar-refractivity contribution in [3.8, 4) is 5.75 Å². The summed E-state index contributed by atoms with van der Waals surface area (Å²) in [5.74, 6) is -1.23. The van der Waals surface area contributed by atoms with Crippen molar-refractivity contribution in [2.45, 2.75) is 44.5 Å². The zero-order valence-electron chi connectivity index (χ0n) is 19.6. The Morgan fingerprint density at radius 1 is 1.09 bits per heavy atom. The minimum atomic E-state index is -0.755. The molecule has 1 fully saturated rings. The molecule has 35 heavy (non-hydrogen) atoms. The molecule has 2 aromatic rings. The highest BCUT2D eigenvalue weighted by Crippen LogP contribution is 2.38. The fraction of sp³-hybridized carbons (Fsp3) is 0.321. The summed E-state index contributed by atoms with van der Waals surface area (Å²) < 4.78 is 22.2. The Balaban J connectivity index is 1.42. The van der Waals surface area contributed by atoms with E-state index in [0.29, 0.717) is 12.0 Å². The van der Waals surface area contributed by atoms with Gasteiger partial charge in [-0.3, -0.25) is 4.79 Å². The highest BCUT2D eigenvalue weighted by Gasteiger charge is 2.46. The lowest BCUT2D eigenvalue weighted by Crippen LogP contribution is -2.33. The van der Waals surface area contributed by atoms with Crippen LogP contribution in [0.3, 0.4) is 0 Å². The summed E-state index contributed by atoms with van der Waals surface area (Å²) in [6.45, 7) is 5.79. The van der Waals surface area contributed by atoms with Gasteiger partial charge in [-0.15, -0.1) is 0 Å². The highest BCUT2D eigenvalue weighted by atomic mass is 16.6. The molecule has 3 aliphatic rings. The van der Waals surface area contributed by atoms with Gasteiger partial charge in [0.05, 0.1) is 19.4 Å². The van der Waals surface area contributed by atoms with E-state index < -0.39 is 36.0 Å². The quantitative estimate of drug-likeness (QED) is 0.287. The SMILES string of the molecule is C=C1C(=O)O[C@H]2CC3=C[C@@H](C/C(C)=C/[C@@H](OC(=O)Cc4cccc5cc(OC)ccc45)[C@H]12)OC3=O. The van der Waals surface area contributed by atoms with Crippen LogP contribution >= 0.6 is 0 Å². The molecule has 180 valence electrons. The molecule has 0 saturated carbocycles. The lowest BCUT2D eigenvalue weighted by molar-refractivity contribution is -0.149. The molecular formula is C28H26O7. The maximum Gasteiger partial charge on any atom is 0.334 e. The van der Waals surface area contributed by atoms with Crippen molar-refractivity contribution in [2.75, 3.05) is 7.11 Å². The third-order valence-electron chi connectivity index (χ3n) is 6.76. The Morgan fingerprint density at radius 2 is 1.91 bits per heavy atom. The molecule has 2 aromatic carbocycles. The molecule has 2 heterocycles. The Kier molecular flexibility index (Phi) is 5.93. The van der Waals surface area contributed by atoms with Crippen LogP contribution in [0.2, 0.25) is 0 Å². The number of hydrogen-bond donors (Lipinski definition) is 0. The van der Waals surface area contributed by atoms with Gasteiger partial charge in [-0.25, -0.2) is 9.59 Å². The largest absolute Gasteiger partial charge is 0.497 e. The van der Waals surface area contributed by atoms with Crippen LogP contribution in [-0.4, -0.2) is 43.3 Å². The van der Waals surface area contributed by atoms with Crippen molar-refractivity contribution in [3.05, 3.63) is 77.4 Å². The van der Waals surface area contributed by atoms with Gasteiger partial charge in [0.25, 0.3) is 0 Å². The van der Waals surface area contributed by atoms with Crippen molar-refractivity contribution in [1.29, 1.82) is 0 Å². The van der Waals surface area contributed by atoms with Crippen LogP contribution in [0.15, 0.2) is 71.8 Å². The van der Waals surface area contributed by atoms with Crippen molar-refractivity contribution >= 4 is 28.7 Å². The number of fused-ring (bicyclic) bond motifs is 3. The Bertz CT molecular complexity index is 1300. The first kappa shape index (κ1) is 22.9. The van der Waals surface area contributed by atoms with E-state index in [9.17, 15) is 14.4 Å². The molecule has 0 aromatic heterocycles. The van der Waals surface area contributed by atoms with Gasteiger partial charge in [0.1, 0.15) is 24.1 Å². The third kappa shape index (κ3) is 4.46. The molecule has 2 bridgehead atoms. The number of rotatable bonds is 4. The molecule has 0 spiro atoms. The van der Waals surface area contributed by atoms with Crippen molar-refractivity contribution in [3.63, 3.8) is 0 Å². The van der Waals surface area contributed by atoms with Gasteiger partial charge >= 0.3 is 17.9 Å². The Labute approximate surface area is 203 Å². The van der Waals surface area contributed by atoms with E-state index in [1.165, 1.54) is 0 Å². The topological polar surface area (TPSA) is 88.1 Å². The van der Waals surface area contributed by atoms with E-state index in [1.807, 2.05) is 49.4 Å². The molecule has 5 rings (SSSR count). The number of carbonyl (C=O) groups excluding carboxylic acids is 3. The lowest BCUT2D eigenvalue weighted by Gasteiger charge is -2.26. The van der Waals surface area contributed by atoms with E-state index in [-0.39, 0.29) is 24.5 Å². The van der Waals surface area contributed by atoms with Crippen LogP contribution in [0.5, 0.6) is 5.75 Å². The molecule has 7 nitrogen and oxygen atoms in total. The molecular weight excluding hydrogens is 448 g/mol. The minimum Gasteiger partial charge on any atom is -0.497 e. The zero-order valence-corrected chi connectivity index (χ0v) is 19.6. The maximum atomic E-state index is 13.2. The van der Waals surface area contributed by atoms with Crippen molar-refractivity contribution in [1.82, 2.24) is 0 Å². The number of ether oxygens (including phenoxy) is 4. The van der Waals surface area contributed by atoms with E-state index in [1.54, 1.807) is 13.2 Å². The second-order valence-corrected chi connectivity index (χ2v) is 9.19. The summed E-state index contributed by atoms with van der Waals surface area (Å²) in [4.78, 5) is 37.8. The Hall–Kier alpha value is -3.87. The van der Waals surface area contributed by atoms with Crippen LogP contribution < -0.4 is 4.74 Å². The first-order valence-corrected chi connectivity index (χ1v) is 11.6. The number of benzene rings is 2. The number of esters is 3. The molecule has 1 aliphatic carbocycles. The van der Waals surface area contributed by atoms with Gasteiger partial charge in [0.2, 0.25) is 0 Å². The molecule has 1 saturated heterocycles. The average molecular weight is 475 g/mol. The predicted molar refractivity (Wildman–Crippen MR) is 128 cm³/mol. The number of hydrogen-bond acceptors (Lipinski definition) is 7. The molecule has 0 N–H and O–H groups in total. The summed E-state index contributed by atoms with van der Waals surface area (Å²) in [5, 5.41) is 1.89. The predicted octanol–water partition coefficient (Wildman–Crippen LogP) is 3.99. The third-order valence-corrected chi connectivity index (χ3v) is 6.76. The van der Waals surface area contributed by atoms with Gasteiger partial charge in [-0.2, -0.15) is 0 Å². The summed E-state index contributed by atoms with van der Waals surface area (Å²) in [6.07, 6.45) is 2.53. The van der Waals surface area contributed by atoms with Crippen LogP contribution in [0.1, 0.15) is 25.3 Å². The average Bonchev–Trinajstić information content (AvgIpc) is 3.29. The molecule has 4 atom stereocenters. The second kappa shape index (κ2) is 9.06. The smallest absolute Gasteiger partial charge is 0.334 e. The highest BCUT2D eigenvalue weighted by molar-refractivity contribution is 5.93. The summed E-state index contributed by atoms with van der Waals surface area (Å²) in [5.41, 5.74) is 2.41. The standard InChI is InChI=1S/C28H26O7/c1-15-9-21-12-19(28(31)33-21)13-24-26(16(2)27(30)35-24)23(10-15)34-25(29)14-18-6-4-5-17-11-20(32-3)7-8-22(17)18/h4-8,10-12,21,23-24,26H,2,9,13-14H2,1,3H3/b15-10+/t21-,23-,24+,26+/m1/s1. The first-order chi connectivity index (χ1) is 16.8. The molecule has 2 aliphatic heterocycles. The van der Waals surface area contributed by atoms with E-state index >= 15 is 0 Å². The summed E-state index contributed by atoms with van der Waals surface area (Å²) in [7, 11) is 1.61. The summed E-state index contributed by atoms with van der Waals surface area (Å²) in [6, 6.07) is 11.4. The number of carbonyl (C=O) groups is 3. The lowest BCUT2D eigenvalue weighted by atomic mass is 9.85. The number of methoxy groups -OCH3 is 1. The molecule has 7 heteroatoms. The van der Waals surface area contributed by atoms with Crippen LogP contribution in [-0.2, 0) is 35.0 Å². The van der Waals surface area contributed by atoms with Crippen molar-refractivity contribution < 1.29 is 33.3 Å². The normalized spacial score (nSPS) is 27.3. The molecule has 0 radical (unpaired) electrons. The molecule has 0 unspecified atom stereocenters. The van der Waals surface area contributed by atoms with Gasteiger partial charge in [-0.05, 0) is 47.5 Å². The Morgan fingerprint density at radius 3 is 2.71 bits per heavy atom. The molecule has 0 amide bonds. The van der Waals surface area contributed by atoms with Crippen LogP contribution in [0.25, 0.3) is 10.8 Å². The van der Waals surface area contributed by atoms with Gasteiger partial charge in [0.15, 0.2) is 0 Å². The summed E-state index contributed by atoms with van der Waals surface area (Å²) >= 11 is 0. The maximum absolute atomic E-state index is 13.2.